The molecule has 0 amide bonds. The fourth-order valence-electron chi connectivity index (χ4n) is 2.18. The number of halogens is 1. The molecular formula is C18H21ClO3. The van der Waals surface area contributed by atoms with Gasteiger partial charge in [-0.05, 0) is 55.3 Å². The third-order valence-electron chi connectivity index (χ3n) is 3.24. The van der Waals surface area contributed by atoms with E-state index >= 15 is 0 Å². The molecule has 0 atom stereocenters. The van der Waals surface area contributed by atoms with Gasteiger partial charge in [-0.15, -0.1) is 0 Å². The summed E-state index contributed by atoms with van der Waals surface area (Å²) in [6, 6.07) is 11.5. The van der Waals surface area contributed by atoms with Gasteiger partial charge >= 0.3 is 0 Å². The standard InChI is InChI=1S/C18H21ClO3/c1-13-11-14(2)18(17(19)12-13)22-10-4-9-21-16-7-5-15(20-3)6-8-16/h5-8,11-12H,4,9-10H2,1-3H3. The maximum atomic E-state index is 6.20. The molecule has 22 heavy (non-hydrogen) atoms. The monoisotopic (exact) mass is 320 g/mol. The molecule has 0 saturated carbocycles. The normalized spacial score (nSPS) is 10.4. The van der Waals surface area contributed by atoms with E-state index in [1.807, 2.05) is 44.2 Å². The molecule has 0 aromatic heterocycles. The fourth-order valence-corrected chi connectivity index (χ4v) is 2.56. The third-order valence-corrected chi connectivity index (χ3v) is 3.52. The molecule has 0 unspecified atom stereocenters. The number of ether oxygens (including phenoxy) is 3. The lowest BCUT2D eigenvalue weighted by Crippen LogP contribution is -2.06. The zero-order chi connectivity index (χ0) is 15.9. The molecule has 0 aliphatic carbocycles. The smallest absolute Gasteiger partial charge is 0.140 e. The molecule has 0 heterocycles. The van der Waals surface area contributed by atoms with E-state index in [0.29, 0.717) is 18.2 Å². The summed E-state index contributed by atoms with van der Waals surface area (Å²) in [5.41, 5.74) is 2.19. The topological polar surface area (TPSA) is 27.7 Å². The average Bonchev–Trinajstić information content (AvgIpc) is 2.49. The number of rotatable bonds is 7. The van der Waals surface area contributed by atoms with Crippen LogP contribution in [-0.2, 0) is 0 Å². The number of aryl methyl sites for hydroxylation is 2. The first-order chi connectivity index (χ1) is 10.6. The van der Waals surface area contributed by atoms with Crippen molar-refractivity contribution in [2.45, 2.75) is 20.3 Å². The third kappa shape index (κ3) is 4.57. The molecule has 0 radical (unpaired) electrons. The summed E-state index contributed by atoms with van der Waals surface area (Å²) >= 11 is 6.20. The molecule has 3 nitrogen and oxygen atoms in total. The fraction of sp³-hybridized carbons (Fsp3) is 0.333. The summed E-state index contributed by atoms with van der Waals surface area (Å²) in [4.78, 5) is 0. The van der Waals surface area contributed by atoms with Crippen LogP contribution in [0.15, 0.2) is 36.4 Å². The maximum Gasteiger partial charge on any atom is 0.140 e. The van der Waals surface area contributed by atoms with Gasteiger partial charge in [-0.2, -0.15) is 0 Å². The van der Waals surface area contributed by atoms with Crippen LogP contribution in [-0.4, -0.2) is 20.3 Å². The highest BCUT2D eigenvalue weighted by Crippen LogP contribution is 2.29. The van der Waals surface area contributed by atoms with Crippen LogP contribution >= 0.6 is 11.6 Å². The van der Waals surface area contributed by atoms with Gasteiger partial charge in [-0.1, -0.05) is 17.7 Å². The zero-order valence-corrected chi connectivity index (χ0v) is 13.9. The number of benzene rings is 2. The van der Waals surface area contributed by atoms with Gasteiger partial charge in [0.05, 0.1) is 25.3 Å². The summed E-state index contributed by atoms with van der Waals surface area (Å²) in [5, 5.41) is 0.661. The van der Waals surface area contributed by atoms with Gasteiger partial charge in [0.15, 0.2) is 0 Å². The summed E-state index contributed by atoms with van der Waals surface area (Å²) in [5.74, 6) is 2.40. The van der Waals surface area contributed by atoms with E-state index in [2.05, 4.69) is 6.07 Å². The van der Waals surface area contributed by atoms with Gasteiger partial charge in [0.1, 0.15) is 17.2 Å². The molecule has 0 N–H and O–H groups in total. The molecule has 2 aromatic rings. The lowest BCUT2D eigenvalue weighted by Gasteiger charge is -2.12. The Morgan fingerprint density at radius 2 is 1.55 bits per heavy atom. The minimum Gasteiger partial charge on any atom is -0.497 e. The van der Waals surface area contributed by atoms with Crippen LogP contribution in [0, 0.1) is 13.8 Å². The minimum absolute atomic E-state index is 0.569. The lowest BCUT2D eigenvalue weighted by molar-refractivity contribution is 0.246. The van der Waals surface area contributed by atoms with Crippen LogP contribution in [0.4, 0.5) is 0 Å². The summed E-state index contributed by atoms with van der Waals surface area (Å²) in [6.07, 6.45) is 0.787. The molecule has 118 valence electrons. The van der Waals surface area contributed by atoms with Crippen molar-refractivity contribution in [1.82, 2.24) is 0 Å². The van der Waals surface area contributed by atoms with Gasteiger partial charge in [0.25, 0.3) is 0 Å². The van der Waals surface area contributed by atoms with Crippen LogP contribution in [0.1, 0.15) is 17.5 Å². The van der Waals surface area contributed by atoms with Crippen molar-refractivity contribution in [2.75, 3.05) is 20.3 Å². The van der Waals surface area contributed by atoms with Crippen molar-refractivity contribution in [2.24, 2.45) is 0 Å². The van der Waals surface area contributed by atoms with Gasteiger partial charge in [-0.3, -0.25) is 0 Å². The minimum atomic E-state index is 0.569. The van der Waals surface area contributed by atoms with Gasteiger partial charge in [0, 0.05) is 6.42 Å². The van der Waals surface area contributed by atoms with Crippen molar-refractivity contribution in [3.05, 3.63) is 52.5 Å². The predicted octanol–water partition coefficient (Wildman–Crippen LogP) is 4.81. The maximum absolute atomic E-state index is 6.20. The largest absolute Gasteiger partial charge is 0.497 e. The van der Waals surface area contributed by atoms with E-state index in [0.717, 1.165) is 34.8 Å². The Balaban J connectivity index is 1.75. The SMILES string of the molecule is COc1ccc(OCCCOc2c(C)cc(C)cc2Cl)cc1. The van der Waals surface area contributed by atoms with E-state index in [-0.39, 0.29) is 0 Å². The zero-order valence-electron chi connectivity index (χ0n) is 13.2. The highest BCUT2D eigenvalue weighted by Gasteiger charge is 2.06. The first-order valence-corrected chi connectivity index (χ1v) is 7.64. The second kappa shape index (κ2) is 7.95. The predicted molar refractivity (Wildman–Crippen MR) is 89.5 cm³/mol. The highest BCUT2D eigenvalue weighted by atomic mass is 35.5. The van der Waals surface area contributed by atoms with Crippen molar-refractivity contribution in [3.63, 3.8) is 0 Å². The molecule has 0 aliphatic heterocycles. The van der Waals surface area contributed by atoms with Crippen LogP contribution in [0.3, 0.4) is 0 Å². The Morgan fingerprint density at radius 3 is 2.18 bits per heavy atom. The molecule has 0 saturated heterocycles. The quantitative estimate of drug-likeness (QED) is 0.685. The Morgan fingerprint density at radius 1 is 0.909 bits per heavy atom. The first kappa shape index (κ1) is 16.5. The van der Waals surface area contributed by atoms with Crippen LogP contribution in [0.2, 0.25) is 5.02 Å². The molecule has 0 fully saturated rings. The first-order valence-electron chi connectivity index (χ1n) is 7.26. The van der Waals surface area contributed by atoms with Gasteiger partial charge in [-0.25, -0.2) is 0 Å². The van der Waals surface area contributed by atoms with E-state index in [4.69, 9.17) is 25.8 Å². The second-order valence-electron chi connectivity index (χ2n) is 5.12. The molecule has 0 aliphatic rings. The Labute approximate surface area is 136 Å². The Bertz CT molecular complexity index is 585. The van der Waals surface area contributed by atoms with Crippen LogP contribution in [0.5, 0.6) is 17.2 Å². The lowest BCUT2D eigenvalue weighted by atomic mass is 10.1. The summed E-state index contributed by atoms with van der Waals surface area (Å²) in [6.45, 7) is 5.18. The molecule has 2 aromatic carbocycles. The average molecular weight is 321 g/mol. The summed E-state index contributed by atoms with van der Waals surface area (Å²) in [7, 11) is 1.64. The van der Waals surface area contributed by atoms with Gasteiger partial charge in [0.2, 0.25) is 0 Å². The van der Waals surface area contributed by atoms with Crippen molar-refractivity contribution < 1.29 is 14.2 Å². The molecule has 0 bridgehead atoms. The van der Waals surface area contributed by atoms with E-state index in [1.165, 1.54) is 0 Å². The van der Waals surface area contributed by atoms with Gasteiger partial charge < -0.3 is 14.2 Å². The number of hydrogen-bond donors (Lipinski definition) is 0. The van der Waals surface area contributed by atoms with Crippen LogP contribution in [0.25, 0.3) is 0 Å². The number of hydrogen-bond acceptors (Lipinski definition) is 3. The van der Waals surface area contributed by atoms with E-state index in [9.17, 15) is 0 Å². The summed E-state index contributed by atoms with van der Waals surface area (Å²) < 4.78 is 16.5. The molecular weight excluding hydrogens is 300 g/mol. The van der Waals surface area contributed by atoms with Crippen molar-refractivity contribution in [3.8, 4) is 17.2 Å². The van der Waals surface area contributed by atoms with Crippen molar-refractivity contribution in [1.29, 1.82) is 0 Å². The molecule has 0 spiro atoms. The highest BCUT2D eigenvalue weighted by molar-refractivity contribution is 6.32. The molecule has 2 rings (SSSR count). The van der Waals surface area contributed by atoms with E-state index < -0.39 is 0 Å². The Kier molecular flexibility index (Phi) is 5.96. The second-order valence-corrected chi connectivity index (χ2v) is 5.53. The number of methoxy groups -OCH3 is 1. The van der Waals surface area contributed by atoms with Crippen LogP contribution < -0.4 is 14.2 Å². The van der Waals surface area contributed by atoms with Crippen molar-refractivity contribution >= 4 is 11.6 Å². The molecule has 4 heteroatoms. The Hall–Kier alpha value is -1.87. The van der Waals surface area contributed by atoms with E-state index in [1.54, 1.807) is 7.11 Å².